The monoisotopic (exact) mass is 794 g/mol. The first kappa shape index (κ1) is 36.4. The molecule has 0 atom stereocenters. The molecule has 4 N–H and O–H groups in total. The molecule has 0 saturated heterocycles. The van der Waals surface area contributed by atoms with E-state index in [1.807, 2.05) is 35.7 Å². The third kappa shape index (κ3) is 9.33. The predicted octanol–water partition coefficient (Wildman–Crippen LogP) is 6.26. The van der Waals surface area contributed by atoms with Gasteiger partial charge in [-0.05, 0) is 81.9 Å². The van der Waals surface area contributed by atoms with Gasteiger partial charge in [0.2, 0.25) is 5.16 Å². The Balaban J connectivity index is 0.000000126. The summed E-state index contributed by atoms with van der Waals surface area (Å²) in [5, 5.41) is 39.7. The van der Waals surface area contributed by atoms with Gasteiger partial charge in [0.15, 0.2) is 5.82 Å². The lowest BCUT2D eigenvalue weighted by atomic mass is 10.1. The first-order valence-electron chi connectivity index (χ1n) is 16.2. The van der Waals surface area contributed by atoms with Crippen molar-refractivity contribution < 1.29 is 10.2 Å². The van der Waals surface area contributed by atoms with E-state index in [2.05, 4.69) is 66.0 Å². The number of nitrogens with zero attached hydrogens (tertiary/aromatic N) is 12. The number of benzene rings is 2. The minimum Gasteiger partial charge on any atom is -0.508 e. The van der Waals surface area contributed by atoms with Gasteiger partial charge in [-0.25, -0.2) is 44.6 Å². The number of aryl methyl sites for hydroxylation is 1. The first-order valence-corrected chi connectivity index (χ1v) is 19.7. The van der Waals surface area contributed by atoms with E-state index in [1.54, 1.807) is 71.0 Å². The maximum absolute atomic E-state index is 9.22. The molecule has 9 rings (SSSR count). The van der Waals surface area contributed by atoms with Gasteiger partial charge in [0.1, 0.15) is 62.0 Å². The molecular weight excluding hydrogens is 765 g/mol. The number of hydrogen-bond acceptors (Lipinski definition) is 19. The van der Waals surface area contributed by atoms with Gasteiger partial charge in [0.25, 0.3) is 0 Å². The average Bonchev–Trinajstić information content (AvgIpc) is 4.03. The van der Waals surface area contributed by atoms with Crippen LogP contribution in [0.5, 0.6) is 11.5 Å². The molecule has 0 aliphatic carbocycles. The lowest BCUT2D eigenvalue weighted by molar-refractivity contribution is 0.474. The van der Waals surface area contributed by atoms with Crippen LogP contribution in [0.25, 0.3) is 30.9 Å². The Hall–Kier alpha value is -5.96. The molecule has 54 heavy (non-hydrogen) atoms. The number of thiazole rings is 2. The number of aromatic nitrogens is 12. The molecule has 0 amide bonds. The van der Waals surface area contributed by atoms with Crippen LogP contribution in [-0.2, 0) is 19.9 Å². The van der Waals surface area contributed by atoms with Crippen LogP contribution in [0.15, 0.2) is 100 Å². The van der Waals surface area contributed by atoms with Crippen molar-refractivity contribution >= 4 is 88.3 Å². The van der Waals surface area contributed by atoms with Crippen LogP contribution in [-0.4, -0.2) is 83.4 Å². The fourth-order valence-corrected chi connectivity index (χ4v) is 7.75. The summed E-state index contributed by atoms with van der Waals surface area (Å²) >= 11 is 6.00. The molecule has 9 aromatic rings. The van der Waals surface area contributed by atoms with Crippen molar-refractivity contribution in [3.05, 3.63) is 101 Å². The van der Waals surface area contributed by atoms with Crippen LogP contribution < -0.4 is 10.6 Å². The van der Waals surface area contributed by atoms with Gasteiger partial charge in [0.05, 0.1) is 21.2 Å². The number of phenols is 2. The lowest BCUT2D eigenvalue weighted by Crippen LogP contribution is -2.06. The topological polar surface area (TPSA) is 211 Å². The van der Waals surface area contributed by atoms with Gasteiger partial charge >= 0.3 is 0 Å². The highest BCUT2D eigenvalue weighted by molar-refractivity contribution is 7.99. The molecule has 0 spiro atoms. The Labute approximate surface area is 323 Å². The van der Waals surface area contributed by atoms with Crippen molar-refractivity contribution in [2.24, 2.45) is 7.05 Å². The van der Waals surface area contributed by atoms with E-state index in [0.29, 0.717) is 10.9 Å². The molecule has 0 saturated carbocycles. The zero-order chi connectivity index (χ0) is 37.1. The second kappa shape index (κ2) is 17.7. The number of aromatic hydroxyl groups is 2. The summed E-state index contributed by atoms with van der Waals surface area (Å²) in [5.74, 6) is 2.24. The maximum Gasteiger partial charge on any atom is 0.215 e. The zero-order valence-corrected chi connectivity index (χ0v) is 31.6. The minimum atomic E-state index is 0.289. The highest BCUT2D eigenvalue weighted by atomic mass is 32.2. The molecule has 0 aliphatic rings. The lowest BCUT2D eigenvalue weighted by Gasteiger charge is -2.06. The van der Waals surface area contributed by atoms with Crippen molar-refractivity contribution in [3.8, 4) is 11.5 Å². The van der Waals surface area contributed by atoms with Crippen molar-refractivity contribution in [1.29, 1.82) is 0 Å². The molecule has 7 aromatic heterocycles. The van der Waals surface area contributed by atoms with Gasteiger partial charge in [-0.3, -0.25) is 0 Å². The Morgan fingerprint density at radius 1 is 0.648 bits per heavy atom. The average molecular weight is 795 g/mol. The molecule has 2 aromatic carbocycles. The van der Waals surface area contributed by atoms with Crippen LogP contribution in [0, 0.1) is 0 Å². The van der Waals surface area contributed by atoms with Crippen LogP contribution >= 0.6 is 45.8 Å². The largest absolute Gasteiger partial charge is 0.508 e. The van der Waals surface area contributed by atoms with Crippen LogP contribution in [0.3, 0.4) is 0 Å². The number of fused-ring (bicyclic) bond motifs is 3. The fourth-order valence-electron chi connectivity index (χ4n) is 4.86. The summed E-state index contributed by atoms with van der Waals surface area (Å²) in [6.07, 6.45) is 6.39. The molecule has 0 bridgehead atoms. The van der Waals surface area contributed by atoms with Gasteiger partial charge in [-0.2, -0.15) is 0 Å². The fraction of sp³-hybridized carbons (Fsp3) is 0.147. The van der Waals surface area contributed by atoms with Gasteiger partial charge < -0.3 is 20.8 Å². The van der Waals surface area contributed by atoms with Crippen LogP contribution in [0.1, 0.15) is 11.1 Å². The normalized spacial score (nSPS) is 10.8. The molecule has 0 aliphatic heterocycles. The molecular formula is C34H30N14O2S4. The van der Waals surface area contributed by atoms with Crippen molar-refractivity contribution in [2.75, 3.05) is 23.7 Å². The quantitative estimate of drug-likeness (QED) is 0.113. The number of anilines is 2. The van der Waals surface area contributed by atoms with Crippen molar-refractivity contribution in [1.82, 2.24) is 60.1 Å². The predicted molar refractivity (Wildman–Crippen MR) is 211 cm³/mol. The molecule has 0 fully saturated rings. The molecule has 16 nitrogen and oxygen atoms in total. The summed E-state index contributed by atoms with van der Waals surface area (Å²) in [6, 6.07) is 16.5. The number of phenolic OH excluding ortho intramolecular Hbond substituents is 2. The number of nitrogens with one attached hydrogen (secondary N) is 2. The number of rotatable bonds is 10. The molecule has 7 heterocycles. The Morgan fingerprint density at radius 3 is 1.91 bits per heavy atom. The van der Waals surface area contributed by atoms with Crippen molar-refractivity contribution in [3.63, 3.8) is 0 Å². The highest BCUT2D eigenvalue weighted by Crippen LogP contribution is 2.29. The molecule has 20 heteroatoms. The summed E-state index contributed by atoms with van der Waals surface area (Å²) in [5.41, 5.74) is 8.45. The van der Waals surface area contributed by atoms with E-state index in [9.17, 15) is 10.2 Å². The van der Waals surface area contributed by atoms with E-state index >= 15 is 0 Å². The second-order valence-corrected chi connectivity index (χ2v) is 14.7. The number of hydrogen-bond donors (Lipinski definition) is 4. The highest BCUT2D eigenvalue weighted by Gasteiger charge is 2.12. The summed E-state index contributed by atoms with van der Waals surface area (Å²) in [4.78, 5) is 35.4. The van der Waals surface area contributed by atoms with Crippen molar-refractivity contribution in [2.45, 2.75) is 23.0 Å². The van der Waals surface area contributed by atoms with E-state index < -0.39 is 0 Å². The summed E-state index contributed by atoms with van der Waals surface area (Å²) < 4.78 is 2.68. The van der Waals surface area contributed by atoms with Crippen LogP contribution in [0.4, 0.5) is 11.6 Å². The summed E-state index contributed by atoms with van der Waals surface area (Å²) in [7, 11) is 1.78. The second-order valence-electron chi connectivity index (χ2n) is 11.1. The maximum atomic E-state index is 9.22. The Kier molecular flexibility index (Phi) is 11.9. The van der Waals surface area contributed by atoms with E-state index in [4.69, 9.17) is 0 Å². The minimum absolute atomic E-state index is 0.289. The SMILES string of the molecule is Cn1nnnc1Sc1ncnc2scnc12.Oc1ccc(CCNc2ncnc3ccsc23)cc1.Oc1ccc(CCNc2ncnc3scnc23)cc1. The van der Waals surface area contributed by atoms with E-state index in [-0.39, 0.29) is 5.75 Å². The Morgan fingerprint density at radius 2 is 1.24 bits per heavy atom. The van der Waals surface area contributed by atoms with Gasteiger partial charge in [-0.1, -0.05) is 24.3 Å². The van der Waals surface area contributed by atoms with E-state index in [1.165, 1.54) is 46.3 Å². The number of tetrazole rings is 1. The third-order valence-electron chi connectivity index (χ3n) is 7.53. The first-order chi connectivity index (χ1) is 26.5. The van der Waals surface area contributed by atoms with E-state index in [0.717, 1.165) is 79.1 Å². The Bertz CT molecular complexity index is 2430. The molecule has 272 valence electrons. The standard InChI is InChI=1S/C14H13N3OS.C13H12N4OS.C7H5N7S2/c18-11-3-1-10(2-4-11)5-7-15-14-13-12(6-8-19-13)16-9-17-14;18-10-3-1-9(2-4-10)5-6-14-12-11-13(16-7-15-12)19-8-17-11;1-14-7(11-12-13-14)16-6-4-5(8-2-9-6)15-3-10-4/h1-4,6,8-9,18H,5,7H2,(H,15,16,17);1-4,7-8,18H,5-6H2,(H,14,15,16);2-3H,1H3. The summed E-state index contributed by atoms with van der Waals surface area (Å²) in [6.45, 7) is 1.56. The third-order valence-corrected chi connectivity index (χ3v) is 10.9. The van der Waals surface area contributed by atoms with Gasteiger partial charge in [0, 0.05) is 20.1 Å². The van der Waals surface area contributed by atoms with Crippen LogP contribution in [0.2, 0.25) is 0 Å². The zero-order valence-electron chi connectivity index (χ0n) is 28.4. The molecule has 0 unspecified atom stereocenters. The smallest absolute Gasteiger partial charge is 0.215 e. The molecule has 0 radical (unpaired) electrons. The van der Waals surface area contributed by atoms with Gasteiger partial charge in [-0.15, -0.1) is 39.1 Å². The number of thiophene rings is 1.